The van der Waals surface area contributed by atoms with Gasteiger partial charge in [-0.05, 0) is 24.6 Å². The zero-order valence-electron chi connectivity index (χ0n) is 9.69. The van der Waals surface area contributed by atoms with Gasteiger partial charge in [-0.15, -0.1) is 0 Å². The van der Waals surface area contributed by atoms with Crippen molar-refractivity contribution in [3.05, 3.63) is 46.2 Å². The minimum atomic E-state index is 0.00972. The summed E-state index contributed by atoms with van der Waals surface area (Å²) >= 11 is 12.0. The Morgan fingerprint density at radius 2 is 2.06 bits per heavy atom. The van der Waals surface area contributed by atoms with E-state index in [4.69, 9.17) is 28.9 Å². The Balaban J connectivity index is 2.21. The first-order valence-electron chi connectivity index (χ1n) is 5.36. The van der Waals surface area contributed by atoms with Crippen molar-refractivity contribution in [1.82, 2.24) is 9.97 Å². The van der Waals surface area contributed by atoms with Crippen LogP contribution in [0, 0.1) is 0 Å². The molecule has 1 unspecified atom stereocenters. The third-order valence-electron chi connectivity index (χ3n) is 2.52. The van der Waals surface area contributed by atoms with Gasteiger partial charge in [0.2, 0.25) is 0 Å². The van der Waals surface area contributed by atoms with E-state index in [0.29, 0.717) is 15.9 Å². The molecule has 0 fully saturated rings. The molecular weight excluding hydrogens is 271 g/mol. The highest BCUT2D eigenvalue weighted by molar-refractivity contribution is 6.35. The van der Waals surface area contributed by atoms with Crippen LogP contribution in [-0.2, 0) is 0 Å². The standard InChI is InChI=1S/C12H12Cl2N4/c1-7(8-3-2-4-9(13)5-8)18-12-10(14)11(15)16-6-17-12/h2-7H,1H3,(H3,15,16,17,18). The van der Waals surface area contributed by atoms with Crippen molar-refractivity contribution in [2.75, 3.05) is 11.1 Å². The maximum atomic E-state index is 6.02. The maximum absolute atomic E-state index is 6.02. The van der Waals surface area contributed by atoms with Crippen LogP contribution in [-0.4, -0.2) is 9.97 Å². The van der Waals surface area contributed by atoms with Gasteiger partial charge in [0.25, 0.3) is 0 Å². The van der Waals surface area contributed by atoms with Crippen LogP contribution in [0.4, 0.5) is 11.6 Å². The van der Waals surface area contributed by atoms with Crippen LogP contribution in [0.5, 0.6) is 0 Å². The zero-order valence-corrected chi connectivity index (χ0v) is 11.2. The average Bonchev–Trinajstić information content (AvgIpc) is 2.35. The number of hydrogen-bond donors (Lipinski definition) is 2. The summed E-state index contributed by atoms with van der Waals surface area (Å²) in [6.07, 6.45) is 1.37. The summed E-state index contributed by atoms with van der Waals surface area (Å²) in [4.78, 5) is 7.87. The Morgan fingerprint density at radius 3 is 2.78 bits per heavy atom. The number of benzene rings is 1. The van der Waals surface area contributed by atoms with Crippen LogP contribution in [0.1, 0.15) is 18.5 Å². The Labute approximate surface area is 115 Å². The van der Waals surface area contributed by atoms with E-state index in [9.17, 15) is 0 Å². The minimum Gasteiger partial charge on any atom is -0.382 e. The predicted octanol–water partition coefficient (Wildman–Crippen LogP) is 3.54. The van der Waals surface area contributed by atoms with Crippen molar-refractivity contribution in [3.63, 3.8) is 0 Å². The maximum Gasteiger partial charge on any atom is 0.150 e. The SMILES string of the molecule is CC(Nc1ncnc(N)c1Cl)c1cccc(Cl)c1. The Bertz CT molecular complexity index is 560. The van der Waals surface area contributed by atoms with Crippen molar-refractivity contribution in [1.29, 1.82) is 0 Å². The molecule has 0 amide bonds. The first-order chi connectivity index (χ1) is 8.58. The lowest BCUT2D eigenvalue weighted by molar-refractivity contribution is 0.872. The van der Waals surface area contributed by atoms with Crippen molar-refractivity contribution in [2.45, 2.75) is 13.0 Å². The monoisotopic (exact) mass is 282 g/mol. The molecule has 3 N–H and O–H groups in total. The predicted molar refractivity (Wildman–Crippen MR) is 74.9 cm³/mol. The molecule has 1 atom stereocenters. The Hall–Kier alpha value is -1.52. The molecule has 94 valence electrons. The molecule has 1 aromatic carbocycles. The fraction of sp³-hybridized carbons (Fsp3) is 0.167. The molecule has 2 aromatic rings. The molecule has 4 nitrogen and oxygen atoms in total. The summed E-state index contributed by atoms with van der Waals surface area (Å²) < 4.78 is 0. The topological polar surface area (TPSA) is 63.8 Å². The van der Waals surface area contributed by atoms with Gasteiger partial charge in [-0.2, -0.15) is 0 Å². The molecule has 0 aliphatic rings. The number of hydrogen-bond acceptors (Lipinski definition) is 4. The van der Waals surface area contributed by atoms with Gasteiger partial charge in [0.05, 0.1) is 6.04 Å². The fourth-order valence-electron chi connectivity index (χ4n) is 1.55. The van der Waals surface area contributed by atoms with E-state index in [0.717, 1.165) is 5.56 Å². The van der Waals surface area contributed by atoms with E-state index in [1.165, 1.54) is 6.33 Å². The van der Waals surface area contributed by atoms with E-state index in [-0.39, 0.29) is 11.9 Å². The molecule has 0 aliphatic carbocycles. The quantitative estimate of drug-likeness (QED) is 0.904. The van der Waals surface area contributed by atoms with Gasteiger partial charge in [0.1, 0.15) is 17.2 Å². The third kappa shape index (κ3) is 2.83. The molecule has 0 saturated heterocycles. The number of nitrogens with two attached hydrogens (primary N) is 1. The Morgan fingerprint density at radius 1 is 1.28 bits per heavy atom. The van der Waals surface area contributed by atoms with Crippen LogP contribution in [0.3, 0.4) is 0 Å². The van der Waals surface area contributed by atoms with Crippen LogP contribution in [0.2, 0.25) is 10.0 Å². The van der Waals surface area contributed by atoms with Gasteiger partial charge in [0, 0.05) is 5.02 Å². The number of nitrogens with zero attached hydrogens (tertiary/aromatic N) is 2. The fourth-order valence-corrected chi connectivity index (χ4v) is 1.90. The summed E-state index contributed by atoms with van der Waals surface area (Å²) in [6.45, 7) is 1.99. The lowest BCUT2D eigenvalue weighted by atomic mass is 10.1. The number of anilines is 2. The molecule has 0 spiro atoms. The third-order valence-corrected chi connectivity index (χ3v) is 3.13. The molecule has 1 heterocycles. The van der Waals surface area contributed by atoms with Crippen LogP contribution < -0.4 is 11.1 Å². The molecule has 6 heteroatoms. The number of aromatic nitrogens is 2. The second-order valence-corrected chi connectivity index (χ2v) is 4.66. The van der Waals surface area contributed by atoms with Gasteiger partial charge < -0.3 is 11.1 Å². The highest BCUT2D eigenvalue weighted by atomic mass is 35.5. The molecule has 2 rings (SSSR count). The van der Waals surface area contributed by atoms with Gasteiger partial charge >= 0.3 is 0 Å². The highest BCUT2D eigenvalue weighted by Crippen LogP contribution is 2.27. The second kappa shape index (κ2) is 5.42. The second-order valence-electron chi connectivity index (χ2n) is 3.84. The zero-order chi connectivity index (χ0) is 13.1. The first-order valence-corrected chi connectivity index (χ1v) is 6.11. The first kappa shape index (κ1) is 12.9. The molecule has 0 saturated carbocycles. The lowest BCUT2D eigenvalue weighted by Crippen LogP contribution is -2.09. The average molecular weight is 283 g/mol. The van der Waals surface area contributed by atoms with E-state index in [2.05, 4.69) is 15.3 Å². The lowest BCUT2D eigenvalue weighted by Gasteiger charge is -2.16. The summed E-state index contributed by atoms with van der Waals surface area (Å²) in [5, 5.41) is 4.19. The van der Waals surface area contributed by atoms with E-state index in [1.807, 2.05) is 31.2 Å². The number of halogens is 2. The molecule has 0 aliphatic heterocycles. The van der Waals surface area contributed by atoms with Crippen LogP contribution in [0.25, 0.3) is 0 Å². The normalized spacial score (nSPS) is 12.2. The molecule has 0 bridgehead atoms. The molecular formula is C12H12Cl2N4. The Kier molecular flexibility index (Phi) is 3.89. The summed E-state index contributed by atoms with van der Waals surface area (Å²) in [5.74, 6) is 0.768. The van der Waals surface area contributed by atoms with E-state index in [1.54, 1.807) is 0 Å². The van der Waals surface area contributed by atoms with E-state index >= 15 is 0 Å². The van der Waals surface area contributed by atoms with Gasteiger partial charge in [-0.25, -0.2) is 9.97 Å². The van der Waals surface area contributed by atoms with E-state index < -0.39 is 0 Å². The number of rotatable bonds is 3. The van der Waals surface area contributed by atoms with Crippen molar-refractivity contribution < 1.29 is 0 Å². The molecule has 1 aromatic heterocycles. The largest absolute Gasteiger partial charge is 0.382 e. The highest BCUT2D eigenvalue weighted by Gasteiger charge is 2.11. The van der Waals surface area contributed by atoms with Gasteiger partial charge in [-0.1, -0.05) is 35.3 Å². The molecule has 0 radical (unpaired) electrons. The molecule has 18 heavy (non-hydrogen) atoms. The van der Waals surface area contributed by atoms with Crippen molar-refractivity contribution in [3.8, 4) is 0 Å². The smallest absolute Gasteiger partial charge is 0.150 e. The summed E-state index contributed by atoms with van der Waals surface area (Å²) in [7, 11) is 0. The van der Waals surface area contributed by atoms with Crippen molar-refractivity contribution in [2.24, 2.45) is 0 Å². The minimum absolute atomic E-state index is 0.00972. The summed E-state index contributed by atoms with van der Waals surface area (Å²) in [5.41, 5.74) is 6.65. The van der Waals surface area contributed by atoms with Crippen LogP contribution >= 0.6 is 23.2 Å². The number of nitrogen functional groups attached to an aromatic ring is 1. The van der Waals surface area contributed by atoms with Crippen LogP contribution in [0.15, 0.2) is 30.6 Å². The number of nitrogens with one attached hydrogen (secondary N) is 1. The van der Waals surface area contributed by atoms with Gasteiger partial charge in [0.15, 0.2) is 5.82 Å². The summed E-state index contributed by atoms with van der Waals surface area (Å²) in [6, 6.07) is 7.59. The van der Waals surface area contributed by atoms with Gasteiger partial charge in [-0.3, -0.25) is 0 Å². The van der Waals surface area contributed by atoms with Crippen molar-refractivity contribution >= 4 is 34.8 Å².